The number of anilines is 1. The molecule has 2 aromatic rings. The molecule has 2 heterocycles. The van der Waals surface area contributed by atoms with Crippen LogP contribution in [0.15, 0.2) is 24.7 Å². The van der Waals surface area contributed by atoms with Crippen LogP contribution in [0, 0.1) is 5.82 Å². The zero-order valence-electron chi connectivity index (χ0n) is 11.2. The summed E-state index contributed by atoms with van der Waals surface area (Å²) in [6, 6.07) is 1.38. The lowest BCUT2D eigenvalue weighted by Crippen LogP contribution is -2.25. The number of thioether (sulfide) groups is 1. The van der Waals surface area contributed by atoms with E-state index in [4.69, 9.17) is 0 Å². The SMILES string of the molecule is CSCCC(=O)N(C)c1cnc(-c2cncc(F)c2)s1. The summed E-state index contributed by atoms with van der Waals surface area (Å²) >= 11 is 2.98. The summed E-state index contributed by atoms with van der Waals surface area (Å²) in [6.07, 6.45) is 6.79. The number of hydrogen-bond acceptors (Lipinski definition) is 5. The first-order chi connectivity index (χ1) is 9.61. The first kappa shape index (κ1) is 14.9. The molecule has 0 unspecified atom stereocenters. The maximum Gasteiger partial charge on any atom is 0.228 e. The topological polar surface area (TPSA) is 46.1 Å². The number of halogens is 1. The molecule has 0 spiro atoms. The van der Waals surface area contributed by atoms with Crippen molar-refractivity contribution in [1.82, 2.24) is 9.97 Å². The fourth-order valence-corrected chi connectivity index (χ4v) is 2.82. The normalized spacial score (nSPS) is 10.6. The highest BCUT2D eigenvalue weighted by Gasteiger charge is 2.14. The van der Waals surface area contributed by atoms with Gasteiger partial charge >= 0.3 is 0 Å². The summed E-state index contributed by atoms with van der Waals surface area (Å²) < 4.78 is 13.1. The predicted octanol–water partition coefficient (Wildman–Crippen LogP) is 3.06. The lowest BCUT2D eigenvalue weighted by Gasteiger charge is -2.13. The van der Waals surface area contributed by atoms with Crippen LogP contribution in [0.3, 0.4) is 0 Å². The summed E-state index contributed by atoms with van der Waals surface area (Å²) in [4.78, 5) is 21.5. The van der Waals surface area contributed by atoms with E-state index in [1.165, 1.54) is 17.4 Å². The molecule has 0 aliphatic rings. The molecule has 0 saturated heterocycles. The van der Waals surface area contributed by atoms with Crippen LogP contribution < -0.4 is 4.90 Å². The molecule has 0 aliphatic heterocycles. The van der Waals surface area contributed by atoms with Gasteiger partial charge in [-0.3, -0.25) is 9.78 Å². The van der Waals surface area contributed by atoms with Crippen LogP contribution in [0.2, 0.25) is 0 Å². The van der Waals surface area contributed by atoms with Gasteiger partial charge in [-0.1, -0.05) is 11.3 Å². The second kappa shape index (κ2) is 6.81. The molecule has 106 valence electrons. The van der Waals surface area contributed by atoms with Gasteiger partial charge in [-0.25, -0.2) is 9.37 Å². The first-order valence-electron chi connectivity index (χ1n) is 5.94. The third kappa shape index (κ3) is 3.55. The van der Waals surface area contributed by atoms with Crippen molar-refractivity contribution in [2.45, 2.75) is 6.42 Å². The summed E-state index contributed by atoms with van der Waals surface area (Å²) in [7, 11) is 1.73. The Morgan fingerprint density at radius 1 is 1.45 bits per heavy atom. The van der Waals surface area contributed by atoms with Gasteiger partial charge in [0.2, 0.25) is 5.91 Å². The number of rotatable bonds is 5. The third-order valence-electron chi connectivity index (χ3n) is 2.67. The molecule has 0 aliphatic carbocycles. The molecule has 0 N–H and O–H groups in total. The van der Waals surface area contributed by atoms with Gasteiger partial charge in [0, 0.05) is 31.0 Å². The van der Waals surface area contributed by atoms with E-state index in [0.717, 1.165) is 17.0 Å². The van der Waals surface area contributed by atoms with E-state index in [1.54, 1.807) is 36.1 Å². The molecule has 20 heavy (non-hydrogen) atoms. The van der Waals surface area contributed by atoms with Crippen LogP contribution >= 0.6 is 23.1 Å². The van der Waals surface area contributed by atoms with Crippen molar-refractivity contribution in [1.29, 1.82) is 0 Å². The third-order valence-corrected chi connectivity index (χ3v) is 4.41. The molecule has 0 fully saturated rings. The molecule has 2 rings (SSSR count). The average molecular weight is 311 g/mol. The van der Waals surface area contributed by atoms with Gasteiger partial charge in [0.25, 0.3) is 0 Å². The maximum atomic E-state index is 13.1. The summed E-state index contributed by atoms with van der Waals surface area (Å²) in [5.41, 5.74) is 0.617. The Morgan fingerprint density at radius 2 is 2.25 bits per heavy atom. The number of carbonyl (C=O) groups is 1. The number of amides is 1. The molecule has 0 radical (unpaired) electrons. The minimum atomic E-state index is -0.399. The number of carbonyl (C=O) groups excluding carboxylic acids is 1. The Bertz CT molecular complexity index is 603. The standard InChI is InChI=1S/C13H14FN3OS2/c1-17(11(18)3-4-19-2)12-8-16-13(20-12)9-5-10(14)7-15-6-9/h5-8H,3-4H2,1-2H3. The van der Waals surface area contributed by atoms with Crippen molar-refractivity contribution >= 4 is 34.0 Å². The van der Waals surface area contributed by atoms with Crippen molar-refractivity contribution < 1.29 is 9.18 Å². The van der Waals surface area contributed by atoms with Gasteiger partial charge < -0.3 is 4.90 Å². The fourth-order valence-electron chi connectivity index (χ4n) is 1.56. The second-order valence-corrected chi connectivity index (χ2v) is 6.09. The van der Waals surface area contributed by atoms with Crippen molar-refractivity contribution in [2.24, 2.45) is 0 Å². The Kier molecular flexibility index (Phi) is 5.08. The number of pyridine rings is 1. The van der Waals surface area contributed by atoms with Gasteiger partial charge in [-0.15, -0.1) is 0 Å². The quantitative estimate of drug-likeness (QED) is 0.851. The van der Waals surface area contributed by atoms with Gasteiger partial charge in [0.15, 0.2) is 0 Å². The Morgan fingerprint density at radius 3 is 2.95 bits per heavy atom. The van der Waals surface area contributed by atoms with E-state index in [0.29, 0.717) is 17.0 Å². The molecule has 0 atom stereocenters. The number of aromatic nitrogens is 2. The molecule has 0 aromatic carbocycles. The molecule has 1 amide bonds. The Balaban J connectivity index is 2.14. The van der Waals surface area contributed by atoms with Crippen molar-refractivity contribution in [3.63, 3.8) is 0 Å². The average Bonchev–Trinajstić information content (AvgIpc) is 2.93. The van der Waals surface area contributed by atoms with E-state index in [9.17, 15) is 9.18 Å². The van der Waals surface area contributed by atoms with Gasteiger partial charge in [0.1, 0.15) is 15.8 Å². The van der Waals surface area contributed by atoms with E-state index < -0.39 is 5.82 Å². The zero-order valence-corrected chi connectivity index (χ0v) is 12.8. The smallest absolute Gasteiger partial charge is 0.228 e. The highest BCUT2D eigenvalue weighted by molar-refractivity contribution is 7.98. The lowest BCUT2D eigenvalue weighted by molar-refractivity contribution is -0.117. The van der Waals surface area contributed by atoms with Crippen molar-refractivity contribution in [3.05, 3.63) is 30.5 Å². The molecular weight excluding hydrogens is 297 g/mol. The van der Waals surface area contributed by atoms with Crippen molar-refractivity contribution in [3.8, 4) is 10.6 Å². The zero-order chi connectivity index (χ0) is 14.5. The molecule has 7 heteroatoms. The fraction of sp³-hybridized carbons (Fsp3) is 0.308. The minimum Gasteiger partial charge on any atom is -0.306 e. The Labute approximate surface area is 125 Å². The molecular formula is C13H14FN3OS2. The van der Waals surface area contributed by atoms with E-state index in [2.05, 4.69) is 9.97 Å². The lowest BCUT2D eigenvalue weighted by atomic mass is 10.3. The molecule has 2 aromatic heterocycles. The van der Waals surface area contributed by atoms with Crippen LogP contribution in [0.5, 0.6) is 0 Å². The minimum absolute atomic E-state index is 0.0481. The Hall–Kier alpha value is -1.47. The van der Waals surface area contributed by atoms with Crippen LogP contribution in [0.1, 0.15) is 6.42 Å². The van der Waals surface area contributed by atoms with E-state index >= 15 is 0 Å². The first-order valence-corrected chi connectivity index (χ1v) is 8.15. The number of nitrogens with zero attached hydrogens (tertiary/aromatic N) is 3. The number of hydrogen-bond donors (Lipinski definition) is 0. The van der Waals surface area contributed by atoms with E-state index in [1.807, 2.05) is 6.26 Å². The molecule has 4 nitrogen and oxygen atoms in total. The maximum absolute atomic E-state index is 13.1. The highest BCUT2D eigenvalue weighted by Crippen LogP contribution is 2.30. The molecule has 0 bridgehead atoms. The van der Waals surface area contributed by atoms with Gasteiger partial charge in [0.05, 0.1) is 12.4 Å². The summed E-state index contributed by atoms with van der Waals surface area (Å²) in [5.74, 6) is 0.443. The molecule has 0 saturated carbocycles. The van der Waals surface area contributed by atoms with E-state index in [-0.39, 0.29) is 5.91 Å². The van der Waals surface area contributed by atoms with Crippen LogP contribution in [-0.4, -0.2) is 34.9 Å². The highest BCUT2D eigenvalue weighted by atomic mass is 32.2. The van der Waals surface area contributed by atoms with Gasteiger partial charge in [-0.05, 0) is 12.3 Å². The summed E-state index contributed by atoms with van der Waals surface area (Å²) in [5, 5.41) is 1.40. The predicted molar refractivity (Wildman–Crippen MR) is 81.7 cm³/mol. The van der Waals surface area contributed by atoms with Gasteiger partial charge in [-0.2, -0.15) is 11.8 Å². The summed E-state index contributed by atoms with van der Waals surface area (Å²) in [6.45, 7) is 0. The van der Waals surface area contributed by atoms with Crippen molar-refractivity contribution in [2.75, 3.05) is 24.0 Å². The number of thiazole rings is 1. The monoisotopic (exact) mass is 311 g/mol. The van der Waals surface area contributed by atoms with Crippen LogP contribution in [0.4, 0.5) is 9.39 Å². The van der Waals surface area contributed by atoms with Crippen LogP contribution in [-0.2, 0) is 4.79 Å². The largest absolute Gasteiger partial charge is 0.306 e. The second-order valence-electron chi connectivity index (χ2n) is 4.09. The van der Waals surface area contributed by atoms with Crippen LogP contribution in [0.25, 0.3) is 10.6 Å².